The van der Waals surface area contributed by atoms with Crippen LogP contribution in [0.5, 0.6) is 0 Å². The Bertz CT molecular complexity index is 1870. The van der Waals surface area contributed by atoms with Crippen molar-refractivity contribution in [2.45, 2.75) is 288 Å². The van der Waals surface area contributed by atoms with Crippen molar-refractivity contribution in [3.05, 3.63) is 0 Å². The largest absolute Gasteiger partial charge is 0.437 e. The number of hydrogen-bond donors (Lipinski definition) is 20. The van der Waals surface area contributed by atoms with Gasteiger partial charge in [0.25, 0.3) is 11.8 Å². The predicted molar refractivity (Wildman–Crippen MR) is 381 cm³/mol. The lowest BCUT2D eigenvalue weighted by atomic mass is 9.80. The Morgan fingerprint density at radius 3 is 1.01 bits per heavy atom. The van der Waals surface area contributed by atoms with Crippen molar-refractivity contribution in [2.75, 3.05) is 91.8 Å². The van der Waals surface area contributed by atoms with Crippen LogP contribution >= 0.6 is 0 Å². The first-order valence-electron chi connectivity index (χ1n) is 37.1. The van der Waals surface area contributed by atoms with Crippen molar-refractivity contribution < 1.29 is 95.1 Å². The summed E-state index contributed by atoms with van der Waals surface area (Å²) in [5.74, 6) is -2.88. The van der Waals surface area contributed by atoms with Gasteiger partial charge in [0, 0.05) is 58.5 Å². The molecule has 0 aromatic carbocycles. The van der Waals surface area contributed by atoms with Crippen LogP contribution in [0.2, 0.25) is 27.3 Å². The first-order valence-corrected chi connectivity index (χ1v) is 37.1. The molecule has 0 unspecified atom stereocenters. The highest BCUT2D eigenvalue weighted by atomic mass is 16.4. The molecule has 0 bridgehead atoms. The number of hydrogen-bond acceptors (Lipinski definition) is 23. The molecule has 20 N–H and O–H groups in total. The average Bonchev–Trinajstić information content (AvgIpc) is 1.05. The minimum absolute atomic E-state index is 0.146. The second kappa shape index (κ2) is 61.5. The minimum Gasteiger partial charge on any atom is -0.437 e. The summed E-state index contributed by atoms with van der Waals surface area (Å²) in [5, 5.41) is 154. The van der Waals surface area contributed by atoms with Gasteiger partial charge >= 0.3 is 28.2 Å². The van der Waals surface area contributed by atoms with E-state index in [1.165, 1.54) is 96.3 Å². The fourth-order valence-corrected chi connectivity index (χ4v) is 11.5. The summed E-state index contributed by atoms with van der Waals surface area (Å²) in [6.45, 7) is 9.55. The summed E-state index contributed by atoms with van der Waals surface area (Å²) in [5.41, 5.74) is 0. The molecular formula is C65H135B4N9O19. The number of carbonyl (C=O) groups is 5. The van der Waals surface area contributed by atoms with Crippen LogP contribution < -0.4 is 31.7 Å². The van der Waals surface area contributed by atoms with Crippen LogP contribution in [0.15, 0.2) is 0 Å². The van der Waals surface area contributed by atoms with E-state index in [2.05, 4.69) is 41.3 Å². The lowest BCUT2D eigenvalue weighted by Gasteiger charge is -2.33. The Labute approximate surface area is 582 Å². The summed E-state index contributed by atoms with van der Waals surface area (Å²) < 4.78 is 0. The van der Waals surface area contributed by atoms with Crippen molar-refractivity contribution >= 4 is 57.7 Å². The van der Waals surface area contributed by atoms with E-state index in [-0.39, 0.29) is 56.8 Å². The molecule has 0 spiro atoms. The highest BCUT2D eigenvalue weighted by molar-refractivity contribution is 6.46. The molecule has 0 saturated carbocycles. The molecule has 0 aromatic heterocycles. The highest BCUT2D eigenvalue weighted by Crippen LogP contribution is 2.19. The van der Waals surface area contributed by atoms with Crippen LogP contribution in [0.3, 0.4) is 0 Å². The molecule has 0 fully saturated rings. The molecule has 0 heterocycles. The number of aliphatic hydroxyl groups excluding tert-OH is 10. The Balaban J connectivity index is 4.24. The van der Waals surface area contributed by atoms with Crippen molar-refractivity contribution in [1.29, 1.82) is 0 Å². The Kier molecular flexibility index (Phi) is 59.6. The van der Waals surface area contributed by atoms with Gasteiger partial charge in [0.2, 0.25) is 17.7 Å². The maximum atomic E-state index is 13.2. The summed E-state index contributed by atoms with van der Waals surface area (Å²) in [7, 11) is -2.26. The van der Waals surface area contributed by atoms with Crippen LogP contribution in [0, 0.1) is 5.92 Å². The number of amides is 5. The molecule has 0 saturated heterocycles. The van der Waals surface area contributed by atoms with Gasteiger partial charge in [-0.15, -0.1) is 0 Å². The van der Waals surface area contributed by atoms with E-state index in [1.807, 2.05) is 13.6 Å². The number of aliphatic hydroxyl groups is 10. The average molecular weight is 1390 g/mol. The van der Waals surface area contributed by atoms with Crippen molar-refractivity contribution in [3.63, 3.8) is 0 Å². The Morgan fingerprint density at radius 1 is 0.351 bits per heavy atom. The van der Waals surface area contributed by atoms with Crippen LogP contribution in [0.4, 0.5) is 0 Å². The van der Waals surface area contributed by atoms with E-state index < -0.39 is 108 Å². The van der Waals surface area contributed by atoms with Crippen molar-refractivity contribution in [1.82, 2.24) is 46.2 Å². The summed E-state index contributed by atoms with van der Waals surface area (Å²) in [6, 6.07) is 0. The first-order chi connectivity index (χ1) is 46.4. The Hall–Kier alpha value is -3.11. The van der Waals surface area contributed by atoms with Crippen molar-refractivity contribution in [3.8, 4) is 0 Å². The summed E-state index contributed by atoms with van der Waals surface area (Å²) >= 11 is 0. The molecule has 0 aliphatic carbocycles. The zero-order chi connectivity index (χ0) is 72.6. The lowest BCUT2D eigenvalue weighted by molar-refractivity contribution is -0.149. The van der Waals surface area contributed by atoms with E-state index in [0.717, 1.165) is 127 Å². The Morgan fingerprint density at radius 2 is 0.670 bits per heavy atom. The molecule has 0 rings (SSSR count). The summed E-state index contributed by atoms with van der Waals surface area (Å²) in [4.78, 5) is 68.7. The standard InChI is InChI=1S/C65H135B4N9O19/c1-66(94)74-40-30-32-44-77(68(3)96)48-52(49-78(69(4)97)45-33-31-41-75-67(2)95)34-26-23-25-29-38-70-55(83)35-27-22-20-18-16-14-12-10-8-6-5-7-9-11-13-15-17-19-21-24-28-39-71-56(84)36-37-57(85)76(46-42-72-64(92)62(90)60(88)58(86)53(81)50-79)47-43-73-65(93)63(91)61(89)59(87)54(82)51-80/h52-54,58-63,74-75,79-82,86-91,94-97H,5-51H2,1-4H3,(H,70,83)(H,71,84)(H,72,92)(H,73,93)/t53-,54+,58+,59-,60-,61-,62+,63-/m0/s1. The zero-order valence-corrected chi connectivity index (χ0v) is 59.9. The first kappa shape index (κ1) is 93.9. The summed E-state index contributed by atoms with van der Waals surface area (Å²) in [6.07, 6.45) is 17.0. The number of carbonyl (C=O) groups excluding carboxylic acids is 5. The number of nitrogens with one attached hydrogen (secondary N) is 6. The van der Waals surface area contributed by atoms with Gasteiger partial charge < -0.3 is 117 Å². The molecule has 0 radical (unpaired) electrons. The third-order valence-electron chi connectivity index (χ3n) is 17.8. The molecule has 0 aliphatic heterocycles. The molecule has 8 atom stereocenters. The number of unbranched alkanes of at least 4 members (excludes halogenated alkanes) is 25. The highest BCUT2D eigenvalue weighted by Gasteiger charge is 2.36. The minimum atomic E-state index is -2.23. The van der Waals surface area contributed by atoms with Gasteiger partial charge in [-0.2, -0.15) is 0 Å². The molecule has 97 heavy (non-hydrogen) atoms. The smallest absolute Gasteiger partial charge is 0.376 e. The number of nitrogens with zero attached hydrogens (tertiary/aromatic N) is 3. The molecule has 0 aromatic rings. The van der Waals surface area contributed by atoms with Gasteiger partial charge in [-0.1, -0.05) is 141 Å². The second-order valence-electron chi connectivity index (χ2n) is 26.7. The normalized spacial score (nSPS) is 14.2. The quantitative estimate of drug-likeness (QED) is 0.0278. The van der Waals surface area contributed by atoms with Crippen LogP contribution in [-0.4, -0.2) is 284 Å². The topological polar surface area (TPSA) is 450 Å². The number of rotatable bonds is 68. The third-order valence-corrected chi connectivity index (χ3v) is 17.8. The van der Waals surface area contributed by atoms with E-state index >= 15 is 0 Å². The zero-order valence-electron chi connectivity index (χ0n) is 59.9. The van der Waals surface area contributed by atoms with Gasteiger partial charge in [0.15, 0.2) is 12.2 Å². The van der Waals surface area contributed by atoms with Gasteiger partial charge in [-0.05, 0) is 124 Å². The second-order valence-corrected chi connectivity index (χ2v) is 26.7. The van der Waals surface area contributed by atoms with Gasteiger partial charge in [-0.25, -0.2) is 0 Å². The fraction of sp³-hybridized carbons (Fsp3) is 0.923. The third kappa shape index (κ3) is 50.8. The molecule has 28 nitrogen and oxygen atoms in total. The monoisotopic (exact) mass is 1390 g/mol. The van der Waals surface area contributed by atoms with Gasteiger partial charge in [0.05, 0.1) is 13.2 Å². The molecular weight excluding hydrogens is 1250 g/mol. The maximum absolute atomic E-state index is 13.2. The van der Waals surface area contributed by atoms with Gasteiger partial charge in [0.1, 0.15) is 36.6 Å². The van der Waals surface area contributed by atoms with E-state index in [1.54, 1.807) is 13.6 Å². The molecule has 566 valence electrons. The molecule has 0 aliphatic rings. The van der Waals surface area contributed by atoms with E-state index in [0.29, 0.717) is 32.6 Å². The van der Waals surface area contributed by atoms with Crippen LogP contribution in [0.25, 0.3) is 0 Å². The molecule has 32 heteroatoms. The molecule has 5 amide bonds. The fourth-order valence-electron chi connectivity index (χ4n) is 11.5. The van der Waals surface area contributed by atoms with Crippen LogP contribution in [0.1, 0.15) is 212 Å². The lowest BCUT2D eigenvalue weighted by Crippen LogP contribution is -2.53. The van der Waals surface area contributed by atoms with Crippen molar-refractivity contribution in [2.24, 2.45) is 5.92 Å². The maximum Gasteiger partial charge on any atom is 0.376 e. The predicted octanol–water partition coefficient (Wildman–Crippen LogP) is -0.135. The van der Waals surface area contributed by atoms with Gasteiger partial charge in [-0.3, -0.25) is 24.0 Å². The van der Waals surface area contributed by atoms with E-state index in [9.17, 15) is 84.9 Å². The van der Waals surface area contributed by atoms with E-state index in [4.69, 9.17) is 10.2 Å². The van der Waals surface area contributed by atoms with Crippen LogP contribution in [-0.2, 0) is 24.0 Å². The SMILES string of the molecule is CB(O)NCCCCN(CC(CCCCCCNC(=O)CCCCCCCCCCCCCCCCCCCCCCCNC(=O)CCC(=O)N(CCNC(=O)[C@@H](O)[C@@H](O)[C@@H](O)[C@H](O)CO)CCNC(=O)[C@H](O)[C@@H](O)[C@H](O)[C@@H](O)CO)CN(CCCCNB(C)O)B(C)O)B(C)O.